The molecule has 4 aromatic rings. The Morgan fingerprint density at radius 3 is 2.62 bits per heavy atom. The van der Waals surface area contributed by atoms with Crippen molar-refractivity contribution in [2.24, 2.45) is 0 Å². The van der Waals surface area contributed by atoms with Gasteiger partial charge in [0.2, 0.25) is 0 Å². The molecule has 0 fully saturated rings. The van der Waals surface area contributed by atoms with Crippen molar-refractivity contribution in [3.05, 3.63) is 89.0 Å². The number of hydrogen-bond donors (Lipinski definition) is 1. The zero-order valence-corrected chi connectivity index (χ0v) is 17.2. The van der Waals surface area contributed by atoms with Crippen LogP contribution in [0.15, 0.2) is 61.1 Å². The summed E-state index contributed by atoms with van der Waals surface area (Å²) in [4.78, 5) is 15.1. The molecule has 3 heterocycles. The van der Waals surface area contributed by atoms with E-state index in [9.17, 15) is 0 Å². The van der Waals surface area contributed by atoms with Crippen LogP contribution < -0.4 is 4.90 Å². The predicted molar refractivity (Wildman–Crippen MR) is 118 cm³/mol. The summed E-state index contributed by atoms with van der Waals surface area (Å²) in [7, 11) is 0. The molecule has 0 aliphatic carbocycles. The first-order valence-corrected chi connectivity index (χ1v) is 10.4. The fourth-order valence-electron chi connectivity index (χ4n) is 4.50. The zero-order valence-electron chi connectivity index (χ0n) is 17.2. The second kappa shape index (κ2) is 7.03. The molecule has 29 heavy (non-hydrogen) atoms. The first kappa shape index (κ1) is 17.9. The number of anilines is 1. The van der Waals surface area contributed by atoms with Gasteiger partial charge in [0.25, 0.3) is 0 Å². The lowest BCUT2D eigenvalue weighted by molar-refractivity contribution is 0.634. The number of hydrogen-bond acceptors (Lipinski definition) is 3. The normalized spacial score (nSPS) is 16.4. The van der Waals surface area contributed by atoms with Crippen molar-refractivity contribution in [2.75, 3.05) is 11.4 Å². The molecular weight excluding hydrogens is 356 g/mol. The molecule has 1 aliphatic rings. The summed E-state index contributed by atoms with van der Waals surface area (Å²) in [5, 5.41) is 1.35. The van der Waals surface area contributed by atoms with E-state index in [4.69, 9.17) is 0 Å². The van der Waals surface area contributed by atoms with Gasteiger partial charge in [-0.1, -0.05) is 49.7 Å². The number of aryl methyl sites for hydroxylation is 1. The Bertz CT molecular complexity index is 1140. The van der Waals surface area contributed by atoms with E-state index < -0.39 is 0 Å². The van der Waals surface area contributed by atoms with Crippen LogP contribution in [0, 0.1) is 6.92 Å². The smallest absolute Gasteiger partial charge is 0.147 e. The standard InChI is InChI=1S/C25H26N4/c1-16(2)18-5-7-19(8-6-18)25-24-20(21-14-17(3)4-9-22(21)28-24)10-13-29(25)23-15-26-11-12-27-23/h4-9,11-12,14-16,25,28H,10,13H2,1-3H3. The molecule has 4 heteroatoms. The number of fused-ring (bicyclic) bond motifs is 3. The molecule has 146 valence electrons. The lowest BCUT2D eigenvalue weighted by Gasteiger charge is -2.37. The second-order valence-corrected chi connectivity index (χ2v) is 8.30. The average Bonchev–Trinajstić information content (AvgIpc) is 3.11. The van der Waals surface area contributed by atoms with Crippen LogP contribution >= 0.6 is 0 Å². The topological polar surface area (TPSA) is 44.8 Å². The summed E-state index contributed by atoms with van der Waals surface area (Å²) in [6, 6.07) is 15.9. The van der Waals surface area contributed by atoms with E-state index in [1.807, 2.05) is 6.20 Å². The van der Waals surface area contributed by atoms with E-state index in [0.717, 1.165) is 18.8 Å². The van der Waals surface area contributed by atoms with E-state index in [-0.39, 0.29) is 6.04 Å². The van der Waals surface area contributed by atoms with Crippen molar-refractivity contribution >= 4 is 16.7 Å². The fourth-order valence-corrected chi connectivity index (χ4v) is 4.50. The molecule has 0 bridgehead atoms. The minimum Gasteiger partial charge on any atom is -0.356 e. The van der Waals surface area contributed by atoms with Gasteiger partial charge in [-0.15, -0.1) is 0 Å². The van der Waals surface area contributed by atoms with Crippen molar-refractivity contribution in [2.45, 2.75) is 39.2 Å². The highest BCUT2D eigenvalue weighted by Crippen LogP contribution is 2.40. The Kier molecular flexibility index (Phi) is 4.35. The summed E-state index contributed by atoms with van der Waals surface area (Å²) >= 11 is 0. The highest BCUT2D eigenvalue weighted by atomic mass is 15.2. The highest BCUT2D eigenvalue weighted by molar-refractivity contribution is 5.86. The van der Waals surface area contributed by atoms with Crippen LogP contribution in [-0.2, 0) is 6.42 Å². The van der Waals surface area contributed by atoms with E-state index in [1.54, 1.807) is 12.4 Å². The molecule has 1 aliphatic heterocycles. The fraction of sp³-hybridized carbons (Fsp3) is 0.280. The van der Waals surface area contributed by atoms with Gasteiger partial charge in [0, 0.05) is 35.5 Å². The van der Waals surface area contributed by atoms with Gasteiger partial charge in [-0.05, 0) is 48.1 Å². The number of rotatable bonds is 3. The monoisotopic (exact) mass is 382 g/mol. The summed E-state index contributed by atoms with van der Waals surface area (Å²) in [5.41, 5.74) is 7.87. The molecule has 4 nitrogen and oxygen atoms in total. The molecule has 2 aromatic heterocycles. The van der Waals surface area contributed by atoms with Crippen LogP contribution in [-0.4, -0.2) is 21.5 Å². The summed E-state index contributed by atoms with van der Waals surface area (Å²) < 4.78 is 0. The molecule has 0 radical (unpaired) electrons. The van der Waals surface area contributed by atoms with Gasteiger partial charge in [0.15, 0.2) is 0 Å². The number of aromatic amines is 1. The molecule has 0 saturated heterocycles. The number of H-pyrrole nitrogens is 1. The van der Waals surface area contributed by atoms with Gasteiger partial charge in [0.05, 0.1) is 12.2 Å². The molecule has 0 saturated carbocycles. The minimum absolute atomic E-state index is 0.101. The van der Waals surface area contributed by atoms with Crippen molar-refractivity contribution in [1.29, 1.82) is 0 Å². The Labute approximate surface area is 171 Å². The van der Waals surface area contributed by atoms with Crippen LogP contribution in [0.5, 0.6) is 0 Å². The molecule has 1 N–H and O–H groups in total. The average molecular weight is 383 g/mol. The van der Waals surface area contributed by atoms with Gasteiger partial charge < -0.3 is 9.88 Å². The van der Waals surface area contributed by atoms with Crippen LogP contribution in [0.1, 0.15) is 53.8 Å². The number of nitrogens with one attached hydrogen (secondary N) is 1. The summed E-state index contributed by atoms with van der Waals surface area (Å²) in [5.74, 6) is 1.45. The number of benzene rings is 2. The molecule has 2 aromatic carbocycles. The van der Waals surface area contributed by atoms with E-state index in [0.29, 0.717) is 5.92 Å². The van der Waals surface area contributed by atoms with Crippen LogP contribution in [0.25, 0.3) is 10.9 Å². The van der Waals surface area contributed by atoms with Gasteiger partial charge >= 0.3 is 0 Å². The summed E-state index contributed by atoms with van der Waals surface area (Å²) in [6.45, 7) is 7.55. The van der Waals surface area contributed by atoms with Gasteiger partial charge in [0.1, 0.15) is 5.82 Å². The molecule has 1 atom stereocenters. The third-order valence-electron chi connectivity index (χ3n) is 6.05. The maximum Gasteiger partial charge on any atom is 0.147 e. The Morgan fingerprint density at radius 2 is 1.90 bits per heavy atom. The Balaban J connectivity index is 1.68. The lowest BCUT2D eigenvalue weighted by atomic mass is 9.91. The quantitative estimate of drug-likeness (QED) is 0.506. The van der Waals surface area contributed by atoms with Gasteiger partial charge in [-0.2, -0.15) is 0 Å². The lowest BCUT2D eigenvalue weighted by Crippen LogP contribution is -2.36. The van der Waals surface area contributed by atoms with Crippen LogP contribution in [0.3, 0.4) is 0 Å². The van der Waals surface area contributed by atoms with Crippen molar-refractivity contribution in [1.82, 2.24) is 15.0 Å². The number of nitrogens with zero attached hydrogens (tertiary/aromatic N) is 3. The molecule has 1 unspecified atom stereocenters. The molecule has 5 rings (SSSR count). The molecule has 0 amide bonds. The summed E-state index contributed by atoms with van der Waals surface area (Å²) in [6.07, 6.45) is 6.37. The van der Waals surface area contributed by atoms with Crippen molar-refractivity contribution < 1.29 is 0 Å². The number of aromatic nitrogens is 3. The largest absolute Gasteiger partial charge is 0.356 e. The maximum atomic E-state index is 4.61. The zero-order chi connectivity index (χ0) is 20.0. The first-order valence-electron chi connectivity index (χ1n) is 10.4. The molecular formula is C25H26N4. The molecule has 0 spiro atoms. The van der Waals surface area contributed by atoms with E-state index >= 15 is 0 Å². The SMILES string of the molecule is Cc1ccc2[nH]c3c(c2c1)CCN(c1cnccn1)C3c1ccc(C(C)C)cc1. The third kappa shape index (κ3) is 3.09. The van der Waals surface area contributed by atoms with Crippen LogP contribution in [0.2, 0.25) is 0 Å². The Hall–Kier alpha value is -3.14. The minimum atomic E-state index is 0.101. The van der Waals surface area contributed by atoms with Crippen molar-refractivity contribution in [3.8, 4) is 0 Å². The maximum absolute atomic E-state index is 4.61. The van der Waals surface area contributed by atoms with E-state index in [2.05, 4.69) is 83.1 Å². The van der Waals surface area contributed by atoms with Crippen LogP contribution in [0.4, 0.5) is 5.82 Å². The van der Waals surface area contributed by atoms with E-state index in [1.165, 1.54) is 38.9 Å². The predicted octanol–water partition coefficient (Wildman–Crippen LogP) is 5.54. The third-order valence-corrected chi connectivity index (χ3v) is 6.05. The van der Waals surface area contributed by atoms with Gasteiger partial charge in [-0.3, -0.25) is 4.98 Å². The highest BCUT2D eigenvalue weighted by Gasteiger charge is 2.32. The Morgan fingerprint density at radius 1 is 1.07 bits per heavy atom. The second-order valence-electron chi connectivity index (χ2n) is 8.30. The van der Waals surface area contributed by atoms with Gasteiger partial charge in [-0.25, -0.2) is 4.98 Å². The first-order chi connectivity index (χ1) is 14.1. The van der Waals surface area contributed by atoms with Crippen molar-refractivity contribution in [3.63, 3.8) is 0 Å².